The van der Waals surface area contributed by atoms with Gasteiger partial charge in [-0.25, -0.2) is 13.6 Å². The molecule has 2 aromatic rings. The molecule has 2 rings (SSSR count). The highest BCUT2D eigenvalue weighted by Gasteiger charge is 2.18. The molecule has 8 heteroatoms. The van der Waals surface area contributed by atoms with Crippen molar-refractivity contribution in [3.05, 3.63) is 53.1 Å². The summed E-state index contributed by atoms with van der Waals surface area (Å²) in [6.45, 7) is 3.54. The smallest absolute Gasteiger partial charge is 0.252 e. The normalized spacial score (nSPS) is 12.3. The van der Waals surface area contributed by atoms with Crippen LogP contribution in [-0.4, -0.2) is 28.5 Å². The van der Waals surface area contributed by atoms with Gasteiger partial charge in [-0.2, -0.15) is 0 Å². The van der Waals surface area contributed by atoms with Gasteiger partial charge in [-0.1, -0.05) is 12.1 Å². The number of carbonyl (C=O) groups excluding carboxylic acids is 1. The number of hydrogen-bond donors (Lipinski definition) is 2. The molecule has 0 saturated heterocycles. The fourth-order valence-corrected chi connectivity index (χ4v) is 3.04. The first kappa shape index (κ1) is 19.7. The lowest BCUT2D eigenvalue weighted by Crippen LogP contribution is -2.27. The standard InChI is InChI=1S/C18H22N2O5S/c1-11-5-7-14(26(19,22)23)10-15(11)18(21)20-12(2)13-6-8-16(24-3)17(9-13)25-4/h5-10,12H,1-4H3,(H,20,21)(H2,19,22,23). The first-order chi connectivity index (χ1) is 12.2. The van der Waals surface area contributed by atoms with E-state index in [1.54, 1.807) is 32.2 Å². The van der Waals surface area contributed by atoms with Crippen molar-refractivity contribution in [1.29, 1.82) is 0 Å². The van der Waals surface area contributed by atoms with E-state index in [1.807, 2.05) is 13.0 Å². The minimum atomic E-state index is -3.88. The molecule has 0 spiro atoms. The number of sulfonamides is 1. The van der Waals surface area contributed by atoms with E-state index >= 15 is 0 Å². The summed E-state index contributed by atoms with van der Waals surface area (Å²) in [5.74, 6) is 0.750. The fraction of sp³-hybridized carbons (Fsp3) is 0.278. The molecule has 0 aliphatic heterocycles. The number of hydrogen-bond acceptors (Lipinski definition) is 5. The largest absolute Gasteiger partial charge is 0.493 e. The summed E-state index contributed by atoms with van der Waals surface area (Å²) in [5, 5.41) is 7.99. The van der Waals surface area contributed by atoms with Gasteiger partial charge >= 0.3 is 0 Å². The van der Waals surface area contributed by atoms with Crippen molar-refractivity contribution in [2.45, 2.75) is 24.8 Å². The maximum atomic E-state index is 12.6. The minimum Gasteiger partial charge on any atom is -0.493 e. The van der Waals surface area contributed by atoms with Crippen molar-refractivity contribution in [3.63, 3.8) is 0 Å². The molecule has 2 aromatic carbocycles. The lowest BCUT2D eigenvalue weighted by Gasteiger charge is -2.17. The maximum absolute atomic E-state index is 12.6. The molecule has 0 heterocycles. The van der Waals surface area contributed by atoms with Crippen molar-refractivity contribution in [2.75, 3.05) is 14.2 Å². The van der Waals surface area contributed by atoms with Crippen LogP contribution in [0.25, 0.3) is 0 Å². The molecule has 0 fully saturated rings. The Balaban J connectivity index is 2.27. The summed E-state index contributed by atoms with van der Waals surface area (Å²) >= 11 is 0. The molecule has 1 amide bonds. The second-order valence-electron chi connectivity index (χ2n) is 5.83. The molecule has 140 valence electrons. The summed E-state index contributed by atoms with van der Waals surface area (Å²) in [5.41, 5.74) is 1.72. The SMILES string of the molecule is COc1ccc(C(C)NC(=O)c2cc(S(N)(=O)=O)ccc2C)cc1OC. The molecule has 26 heavy (non-hydrogen) atoms. The predicted octanol–water partition coefficient (Wildman–Crippen LogP) is 2.15. The molecular formula is C18H22N2O5S. The highest BCUT2D eigenvalue weighted by Crippen LogP contribution is 2.30. The monoisotopic (exact) mass is 378 g/mol. The second-order valence-corrected chi connectivity index (χ2v) is 7.39. The highest BCUT2D eigenvalue weighted by atomic mass is 32.2. The molecule has 0 saturated carbocycles. The van der Waals surface area contributed by atoms with Crippen LogP contribution in [0.2, 0.25) is 0 Å². The van der Waals surface area contributed by atoms with E-state index < -0.39 is 15.9 Å². The van der Waals surface area contributed by atoms with Crippen molar-refractivity contribution in [3.8, 4) is 11.5 Å². The third kappa shape index (κ3) is 4.33. The van der Waals surface area contributed by atoms with Crippen LogP contribution in [-0.2, 0) is 10.0 Å². The van der Waals surface area contributed by atoms with Gasteiger partial charge in [0.25, 0.3) is 5.91 Å². The number of methoxy groups -OCH3 is 2. The molecule has 0 aliphatic carbocycles. The number of benzene rings is 2. The number of amides is 1. The summed E-state index contributed by atoms with van der Waals surface area (Å²) in [4.78, 5) is 12.5. The van der Waals surface area contributed by atoms with Gasteiger partial charge in [-0.3, -0.25) is 4.79 Å². The number of nitrogens with one attached hydrogen (secondary N) is 1. The third-order valence-corrected chi connectivity index (χ3v) is 4.95. The van der Waals surface area contributed by atoms with E-state index in [-0.39, 0.29) is 16.5 Å². The molecule has 0 aliphatic rings. The molecule has 1 unspecified atom stereocenters. The predicted molar refractivity (Wildman–Crippen MR) is 98.0 cm³/mol. The zero-order chi connectivity index (χ0) is 19.5. The Labute approximate surface area is 153 Å². The van der Waals surface area contributed by atoms with Crippen molar-refractivity contribution < 1.29 is 22.7 Å². The molecule has 0 radical (unpaired) electrons. The third-order valence-electron chi connectivity index (χ3n) is 4.04. The van der Waals surface area contributed by atoms with E-state index in [0.29, 0.717) is 17.1 Å². The van der Waals surface area contributed by atoms with E-state index in [2.05, 4.69) is 5.32 Å². The molecule has 0 bridgehead atoms. The van der Waals surface area contributed by atoms with Crippen molar-refractivity contribution >= 4 is 15.9 Å². The van der Waals surface area contributed by atoms with Gasteiger partial charge in [0, 0.05) is 5.56 Å². The number of ether oxygens (including phenoxy) is 2. The average molecular weight is 378 g/mol. The number of nitrogens with two attached hydrogens (primary N) is 1. The van der Waals surface area contributed by atoms with Crippen LogP contribution in [0.1, 0.15) is 34.5 Å². The Morgan fingerprint density at radius 2 is 1.73 bits per heavy atom. The van der Waals surface area contributed by atoms with Crippen molar-refractivity contribution in [1.82, 2.24) is 5.32 Å². The molecular weight excluding hydrogens is 356 g/mol. The number of primary sulfonamides is 1. The quantitative estimate of drug-likeness (QED) is 0.801. The van der Waals surface area contributed by atoms with Crippen LogP contribution < -0.4 is 19.9 Å². The molecule has 0 aromatic heterocycles. The first-order valence-corrected chi connectivity index (χ1v) is 9.38. The van der Waals surface area contributed by atoms with Crippen LogP contribution in [0, 0.1) is 6.92 Å². The average Bonchev–Trinajstić information content (AvgIpc) is 2.60. The van der Waals surface area contributed by atoms with E-state index in [0.717, 1.165) is 5.56 Å². The Hall–Kier alpha value is -2.58. The van der Waals surface area contributed by atoms with Crippen LogP contribution in [0.15, 0.2) is 41.3 Å². The number of rotatable bonds is 6. The zero-order valence-corrected chi connectivity index (χ0v) is 15.9. The van der Waals surface area contributed by atoms with E-state index in [9.17, 15) is 13.2 Å². The number of carbonyl (C=O) groups is 1. The van der Waals surface area contributed by atoms with Gasteiger partial charge < -0.3 is 14.8 Å². The van der Waals surface area contributed by atoms with Gasteiger partial charge in [0.15, 0.2) is 11.5 Å². The number of aryl methyl sites for hydroxylation is 1. The van der Waals surface area contributed by atoms with Gasteiger partial charge in [-0.15, -0.1) is 0 Å². The Morgan fingerprint density at radius 3 is 2.31 bits per heavy atom. The second kappa shape index (κ2) is 7.76. The summed E-state index contributed by atoms with van der Waals surface area (Å²) < 4.78 is 33.5. The lowest BCUT2D eigenvalue weighted by molar-refractivity contribution is 0.0939. The van der Waals surface area contributed by atoms with Gasteiger partial charge in [-0.05, 0) is 49.2 Å². The zero-order valence-electron chi connectivity index (χ0n) is 15.1. The van der Waals surface area contributed by atoms with Crippen LogP contribution >= 0.6 is 0 Å². The van der Waals surface area contributed by atoms with Crippen LogP contribution in [0.3, 0.4) is 0 Å². The summed E-state index contributed by atoms with van der Waals surface area (Å²) in [6, 6.07) is 9.22. The topological polar surface area (TPSA) is 108 Å². The van der Waals surface area contributed by atoms with E-state index in [4.69, 9.17) is 14.6 Å². The van der Waals surface area contributed by atoms with Gasteiger partial charge in [0.05, 0.1) is 25.2 Å². The Bertz CT molecular complexity index is 925. The summed E-state index contributed by atoms with van der Waals surface area (Å²) in [7, 11) is -0.803. The molecule has 7 nitrogen and oxygen atoms in total. The Kier molecular flexibility index (Phi) is 5.89. The first-order valence-electron chi connectivity index (χ1n) is 7.83. The van der Waals surface area contributed by atoms with E-state index in [1.165, 1.54) is 19.2 Å². The molecule has 1 atom stereocenters. The van der Waals surface area contributed by atoms with Crippen LogP contribution in [0.4, 0.5) is 0 Å². The van der Waals surface area contributed by atoms with Crippen LogP contribution in [0.5, 0.6) is 11.5 Å². The lowest BCUT2D eigenvalue weighted by atomic mass is 10.1. The van der Waals surface area contributed by atoms with Crippen molar-refractivity contribution in [2.24, 2.45) is 5.14 Å². The highest BCUT2D eigenvalue weighted by molar-refractivity contribution is 7.89. The summed E-state index contributed by atoms with van der Waals surface area (Å²) in [6.07, 6.45) is 0. The fourth-order valence-electron chi connectivity index (χ4n) is 2.50. The van der Waals surface area contributed by atoms with Gasteiger partial charge in [0.2, 0.25) is 10.0 Å². The molecule has 3 N–H and O–H groups in total. The Morgan fingerprint density at radius 1 is 1.08 bits per heavy atom. The van der Waals surface area contributed by atoms with Gasteiger partial charge in [0.1, 0.15) is 0 Å². The minimum absolute atomic E-state index is 0.105. The maximum Gasteiger partial charge on any atom is 0.252 e.